The van der Waals surface area contributed by atoms with E-state index in [1.165, 1.54) is 11.3 Å². The minimum absolute atomic E-state index is 0.467. The molecule has 0 atom stereocenters. The van der Waals surface area contributed by atoms with E-state index in [4.69, 9.17) is 4.74 Å². The second-order valence-electron chi connectivity index (χ2n) is 5.46. The number of hydrogen-bond donors (Lipinski definition) is 1. The summed E-state index contributed by atoms with van der Waals surface area (Å²) in [6.45, 7) is 8.61. The maximum absolute atomic E-state index is 5.54. The highest BCUT2D eigenvalue weighted by Crippen LogP contribution is 2.16. The van der Waals surface area contributed by atoms with Gasteiger partial charge >= 0.3 is 0 Å². The van der Waals surface area contributed by atoms with Crippen LogP contribution in [0.25, 0.3) is 0 Å². The van der Waals surface area contributed by atoms with Gasteiger partial charge < -0.3 is 15.0 Å². The number of ether oxygens (including phenoxy) is 1. The van der Waals surface area contributed by atoms with Crippen molar-refractivity contribution in [2.24, 2.45) is 7.05 Å². The first kappa shape index (κ1) is 16.1. The summed E-state index contributed by atoms with van der Waals surface area (Å²) in [6.07, 6.45) is 2.09. The van der Waals surface area contributed by atoms with Gasteiger partial charge in [-0.25, -0.2) is 0 Å². The van der Waals surface area contributed by atoms with Gasteiger partial charge in [-0.3, -0.25) is 4.68 Å². The lowest BCUT2D eigenvalue weighted by molar-refractivity contribution is 0.119. The molecule has 0 spiro atoms. The molecule has 1 rings (SSSR count). The van der Waals surface area contributed by atoms with E-state index < -0.39 is 0 Å². The SMILES string of the molecule is CC(C)c1nn(C)cc1CNCCOCCN(C)C. The van der Waals surface area contributed by atoms with Crippen LogP contribution in [0.2, 0.25) is 0 Å². The van der Waals surface area contributed by atoms with Crippen LogP contribution in [0.4, 0.5) is 0 Å². The lowest BCUT2D eigenvalue weighted by atomic mass is 10.1. The Morgan fingerprint density at radius 1 is 1.37 bits per heavy atom. The Balaban J connectivity index is 2.19. The van der Waals surface area contributed by atoms with E-state index >= 15 is 0 Å². The molecule has 0 bridgehead atoms. The fourth-order valence-electron chi connectivity index (χ4n) is 1.89. The van der Waals surface area contributed by atoms with Crippen LogP contribution in [0.1, 0.15) is 31.0 Å². The number of hydrogen-bond acceptors (Lipinski definition) is 4. The highest BCUT2D eigenvalue weighted by Gasteiger charge is 2.10. The summed E-state index contributed by atoms with van der Waals surface area (Å²) >= 11 is 0. The lowest BCUT2D eigenvalue weighted by Gasteiger charge is -2.10. The Labute approximate surface area is 116 Å². The summed E-state index contributed by atoms with van der Waals surface area (Å²) in [5.41, 5.74) is 2.47. The van der Waals surface area contributed by atoms with Crippen LogP contribution in [-0.4, -0.2) is 55.1 Å². The summed E-state index contributed by atoms with van der Waals surface area (Å²) in [6, 6.07) is 0. The van der Waals surface area contributed by atoms with Crippen molar-refractivity contribution in [3.63, 3.8) is 0 Å². The van der Waals surface area contributed by atoms with E-state index in [0.717, 1.165) is 32.8 Å². The largest absolute Gasteiger partial charge is 0.379 e. The zero-order valence-corrected chi connectivity index (χ0v) is 12.9. The number of nitrogens with one attached hydrogen (secondary N) is 1. The summed E-state index contributed by atoms with van der Waals surface area (Å²) in [5.74, 6) is 0.467. The van der Waals surface area contributed by atoms with Crippen LogP contribution in [-0.2, 0) is 18.3 Å². The summed E-state index contributed by atoms with van der Waals surface area (Å²) in [7, 11) is 6.08. The quantitative estimate of drug-likeness (QED) is 0.684. The predicted molar refractivity (Wildman–Crippen MR) is 78.4 cm³/mol. The average molecular weight is 268 g/mol. The molecule has 0 aliphatic rings. The van der Waals surface area contributed by atoms with Crippen molar-refractivity contribution in [2.45, 2.75) is 26.3 Å². The molecule has 0 radical (unpaired) electrons. The molecule has 1 N–H and O–H groups in total. The first-order chi connectivity index (χ1) is 9.00. The smallest absolute Gasteiger partial charge is 0.0694 e. The summed E-state index contributed by atoms with van der Waals surface area (Å²) in [4.78, 5) is 2.12. The molecule has 0 saturated heterocycles. The Kier molecular flexibility index (Phi) is 7.05. The molecule has 0 aliphatic heterocycles. The molecule has 1 aromatic rings. The van der Waals surface area contributed by atoms with E-state index in [1.807, 2.05) is 11.7 Å². The normalized spacial score (nSPS) is 11.7. The molecule has 5 heteroatoms. The van der Waals surface area contributed by atoms with E-state index in [0.29, 0.717) is 5.92 Å². The molecule has 0 saturated carbocycles. The van der Waals surface area contributed by atoms with E-state index in [2.05, 4.69) is 49.5 Å². The van der Waals surface area contributed by atoms with Gasteiger partial charge in [0.15, 0.2) is 0 Å². The molecular formula is C14H28N4O. The van der Waals surface area contributed by atoms with Gasteiger partial charge in [0.1, 0.15) is 0 Å². The topological polar surface area (TPSA) is 42.3 Å². The third-order valence-corrected chi connectivity index (χ3v) is 2.91. The third-order valence-electron chi connectivity index (χ3n) is 2.91. The zero-order chi connectivity index (χ0) is 14.3. The molecule has 19 heavy (non-hydrogen) atoms. The van der Waals surface area contributed by atoms with Gasteiger partial charge in [0, 0.05) is 38.4 Å². The molecule has 0 aromatic carbocycles. The van der Waals surface area contributed by atoms with E-state index in [1.54, 1.807) is 0 Å². The Morgan fingerprint density at radius 2 is 2.11 bits per heavy atom. The summed E-state index contributed by atoms with van der Waals surface area (Å²) in [5, 5.41) is 7.90. The molecule has 110 valence electrons. The van der Waals surface area contributed by atoms with Crippen molar-refractivity contribution in [1.82, 2.24) is 20.0 Å². The van der Waals surface area contributed by atoms with Gasteiger partial charge in [-0.05, 0) is 20.0 Å². The Bertz CT molecular complexity index is 360. The zero-order valence-electron chi connectivity index (χ0n) is 12.9. The van der Waals surface area contributed by atoms with Crippen molar-refractivity contribution in [2.75, 3.05) is 40.4 Å². The number of aromatic nitrogens is 2. The maximum atomic E-state index is 5.54. The molecule has 0 fully saturated rings. The number of rotatable bonds is 9. The van der Waals surface area contributed by atoms with Crippen molar-refractivity contribution < 1.29 is 4.74 Å². The van der Waals surface area contributed by atoms with E-state index in [-0.39, 0.29) is 0 Å². The molecule has 0 amide bonds. The number of likely N-dealkylation sites (N-methyl/N-ethyl adjacent to an activating group) is 1. The van der Waals surface area contributed by atoms with Crippen LogP contribution in [0, 0.1) is 0 Å². The van der Waals surface area contributed by atoms with Crippen molar-refractivity contribution in [3.8, 4) is 0 Å². The molecule has 5 nitrogen and oxygen atoms in total. The van der Waals surface area contributed by atoms with Crippen molar-refractivity contribution >= 4 is 0 Å². The second kappa shape index (κ2) is 8.30. The van der Waals surface area contributed by atoms with Crippen LogP contribution in [0.15, 0.2) is 6.20 Å². The molecule has 1 heterocycles. The Hall–Kier alpha value is -0.910. The summed E-state index contributed by atoms with van der Waals surface area (Å²) < 4.78 is 7.43. The number of aryl methyl sites for hydroxylation is 1. The fraction of sp³-hybridized carbons (Fsp3) is 0.786. The molecule has 0 aliphatic carbocycles. The first-order valence-electron chi connectivity index (χ1n) is 6.96. The number of nitrogens with zero attached hydrogens (tertiary/aromatic N) is 3. The van der Waals surface area contributed by atoms with Crippen molar-refractivity contribution in [3.05, 3.63) is 17.5 Å². The monoisotopic (exact) mass is 268 g/mol. The second-order valence-corrected chi connectivity index (χ2v) is 5.46. The van der Waals surface area contributed by atoms with Gasteiger partial charge in [-0.1, -0.05) is 13.8 Å². The highest BCUT2D eigenvalue weighted by atomic mass is 16.5. The molecular weight excluding hydrogens is 240 g/mol. The van der Waals surface area contributed by atoms with Crippen molar-refractivity contribution in [1.29, 1.82) is 0 Å². The van der Waals surface area contributed by atoms with Gasteiger partial charge in [0.25, 0.3) is 0 Å². The van der Waals surface area contributed by atoms with Crippen LogP contribution < -0.4 is 5.32 Å². The molecule has 1 aromatic heterocycles. The minimum Gasteiger partial charge on any atom is -0.379 e. The highest BCUT2D eigenvalue weighted by molar-refractivity contribution is 5.19. The van der Waals surface area contributed by atoms with Gasteiger partial charge in [-0.15, -0.1) is 0 Å². The molecule has 0 unspecified atom stereocenters. The third kappa shape index (κ3) is 6.18. The standard InChI is InChI=1S/C14H28N4O/c1-12(2)14-13(11-18(5)16-14)10-15-6-8-19-9-7-17(3)4/h11-12,15H,6-10H2,1-5H3. The first-order valence-corrected chi connectivity index (χ1v) is 6.96. The van der Waals surface area contributed by atoms with Crippen LogP contribution >= 0.6 is 0 Å². The predicted octanol–water partition coefficient (Wildman–Crippen LogP) is 1.21. The Morgan fingerprint density at radius 3 is 2.74 bits per heavy atom. The van der Waals surface area contributed by atoms with E-state index in [9.17, 15) is 0 Å². The average Bonchev–Trinajstić information content (AvgIpc) is 2.69. The van der Waals surface area contributed by atoms with Gasteiger partial charge in [0.2, 0.25) is 0 Å². The van der Waals surface area contributed by atoms with Crippen LogP contribution in [0.5, 0.6) is 0 Å². The van der Waals surface area contributed by atoms with Crippen LogP contribution in [0.3, 0.4) is 0 Å². The van der Waals surface area contributed by atoms with Gasteiger partial charge in [0.05, 0.1) is 18.9 Å². The minimum atomic E-state index is 0.467. The van der Waals surface area contributed by atoms with Gasteiger partial charge in [-0.2, -0.15) is 5.10 Å². The maximum Gasteiger partial charge on any atom is 0.0694 e. The fourth-order valence-corrected chi connectivity index (χ4v) is 1.89. The lowest BCUT2D eigenvalue weighted by Crippen LogP contribution is -2.23.